The lowest BCUT2D eigenvalue weighted by Crippen LogP contribution is -1.91. The highest BCUT2D eigenvalue weighted by atomic mass is 35.5. The molecule has 1 heterocycles. The Morgan fingerprint density at radius 2 is 1.76 bits per heavy atom. The van der Waals surface area contributed by atoms with E-state index in [1.54, 1.807) is 18.2 Å². The minimum Gasteiger partial charge on any atom is -0.339 e. The first-order chi connectivity index (χ1) is 10.2. The average Bonchev–Trinajstić information content (AvgIpc) is 2.95. The third-order valence-electron chi connectivity index (χ3n) is 3.11. The van der Waals surface area contributed by atoms with E-state index < -0.39 is 0 Å². The second kappa shape index (κ2) is 6.29. The minimum absolute atomic E-state index is 0.486. The standard InChI is InChI=1S/C16H12Cl2N2O/c17-12-7-8-13(14(18)10-12)16-19-15(21-20-16)9-6-11-4-2-1-3-5-11/h1-5,7-8,10H,6,9H2. The lowest BCUT2D eigenvalue weighted by Gasteiger charge is -1.98. The Morgan fingerprint density at radius 1 is 0.952 bits per heavy atom. The fourth-order valence-electron chi connectivity index (χ4n) is 2.03. The third kappa shape index (κ3) is 3.43. The smallest absolute Gasteiger partial charge is 0.227 e. The zero-order valence-corrected chi connectivity index (χ0v) is 12.6. The molecule has 0 saturated carbocycles. The molecule has 0 aliphatic carbocycles. The third-order valence-corrected chi connectivity index (χ3v) is 3.66. The summed E-state index contributed by atoms with van der Waals surface area (Å²) in [5, 5.41) is 5.07. The monoisotopic (exact) mass is 318 g/mol. The van der Waals surface area contributed by atoms with E-state index in [2.05, 4.69) is 22.3 Å². The van der Waals surface area contributed by atoms with Gasteiger partial charge in [0.25, 0.3) is 0 Å². The summed E-state index contributed by atoms with van der Waals surface area (Å²) in [4.78, 5) is 4.38. The molecule has 5 heteroatoms. The van der Waals surface area contributed by atoms with E-state index in [1.807, 2.05) is 18.2 Å². The van der Waals surface area contributed by atoms with Crippen LogP contribution in [0.15, 0.2) is 53.1 Å². The molecule has 0 radical (unpaired) electrons. The summed E-state index contributed by atoms with van der Waals surface area (Å²) in [6, 6.07) is 15.4. The average molecular weight is 319 g/mol. The Hall–Kier alpha value is -1.84. The molecule has 0 aliphatic rings. The number of hydrogen-bond donors (Lipinski definition) is 0. The number of benzene rings is 2. The minimum atomic E-state index is 0.486. The molecular formula is C16H12Cl2N2O. The van der Waals surface area contributed by atoms with Gasteiger partial charge in [0.05, 0.1) is 5.02 Å². The van der Waals surface area contributed by atoms with Crippen LogP contribution in [0.3, 0.4) is 0 Å². The van der Waals surface area contributed by atoms with Crippen molar-refractivity contribution in [2.75, 3.05) is 0 Å². The second-order valence-corrected chi connectivity index (χ2v) is 5.47. The van der Waals surface area contributed by atoms with Crippen molar-refractivity contribution >= 4 is 23.2 Å². The number of aryl methyl sites for hydroxylation is 2. The molecule has 3 nitrogen and oxygen atoms in total. The van der Waals surface area contributed by atoms with Crippen LogP contribution in [0.1, 0.15) is 11.5 Å². The Morgan fingerprint density at radius 3 is 2.52 bits per heavy atom. The molecule has 3 rings (SSSR count). The summed E-state index contributed by atoms with van der Waals surface area (Å²) >= 11 is 12.0. The van der Waals surface area contributed by atoms with Crippen molar-refractivity contribution in [1.82, 2.24) is 10.1 Å². The van der Waals surface area contributed by atoms with Gasteiger partial charge in [-0.1, -0.05) is 58.7 Å². The molecule has 21 heavy (non-hydrogen) atoms. The summed E-state index contributed by atoms with van der Waals surface area (Å²) in [6.45, 7) is 0. The molecule has 0 amide bonds. The molecular weight excluding hydrogens is 307 g/mol. The topological polar surface area (TPSA) is 38.9 Å². The van der Waals surface area contributed by atoms with Crippen LogP contribution in [0.2, 0.25) is 10.0 Å². The molecule has 0 spiro atoms. The maximum atomic E-state index is 6.14. The summed E-state index contributed by atoms with van der Waals surface area (Å²) in [5.41, 5.74) is 1.96. The zero-order valence-electron chi connectivity index (χ0n) is 11.1. The Bertz CT molecular complexity index is 741. The normalized spacial score (nSPS) is 10.8. The largest absolute Gasteiger partial charge is 0.339 e. The molecule has 1 aromatic heterocycles. The van der Waals surface area contributed by atoms with Crippen LogP contribution in [0.5, 0.6) is 0 Å². The lowest BCUT2D eigenvalue weighted by molar-refractivity contribution is 0.379. The van der Waals surface area contributed by atoms with Gasteiger partial charge >= 0.3 is 0 Å². The number of rotatable bonds is 4. The van der Waals surface area contributed by atoms with Crippen LogP contribution < -0.4 is 0 Å². The number of aromatic nitrogens is 2. The number of nitrogens with zero attached hydrogens (tertiary/aromatic N) is 2. The van der Waals surface area contributed by atoms with Gasteiger partial charge in [-0.3, -0.25) is 0 Å². The maximum Gasteiger partial charge on any atom is 0.227 e. The van der Waals surface area contributed by atoms with Crippen molar-refractivity contribution in [3.05, 3.63) is 70.0 Å². The van der Waals surface area contributed by atoms with E-state index >= 15 is 0 Å². The lowest BCUT2D eigenvalue weighted by atomic mass is 10.1. The Labute approximate surface area is 132 Å². The predicted octanol–water partition coefficient (Wildman–Crippen LogP) is 4.83. The molecule has 0 N–H and O–H groups in total. The van der Waals surface area contributed by atoms with Crippen LogP contribution in [0.25, 0.3) is 11.4 Å². The van der Waals surface area contributed by atoms with Gasteiger partial charge in [-0.2, -0.15) is 4.98 Å². The van der Waals surface area contributed by atoms with Crippen LogP contribution in [0, 0.1) is 0 Å². The van der Waals surface area contributed by atoms with Crippen molar-refractivity contribution < 1.29 is 4.52 Å². The van der Waals surface area contributed by atoms with Crippen LogP contribution >= 0.6 is 23.2 Å². The Kier molecular flexibility index (Phi) is 4.23. The van der Waals surface area contributed by atoms with E-state index in [1.165, 1.54) is 5.56 Å². The van der Waals surface area contributed by atoms with Gasteiger partial charge in [0, 0.05) is 17.0 Å². The van der Waals surface area contributed by atoms with Gasteiger partial charge in [0.1, 0.15) is 0 Å². The van der Waals surface area contributed by atoms with Crippen molar-refractivity contribution in [2.45, 2.75) is 12.8 Å². The van der Waals surface area contributed by atoms with Crippen molar-refractivity contribution in [3.63, 3.8) is 0 Å². The molecule has 0 saturated heterocycles. The molecule has 2 aromatic carbocycles. The van der Waals surface area contributed by atoms with Gasteiger partial charge in [0.15, 0.2) is 0 Å². The Balaban J connectivity index is 1.74. The summed E-state index contributed by atoms with van der Waals surface area (Å²) in [6.07, 6.45) is 1.55. The van der Waals surface area contributed by atoms with Crippen molar-refractivity contribution in [1.29, 1.82) is 0 Å². The maximum absolute atomic E-state index is 6.14. The van der Waals surface area contributed by atoms with Gasteiger partial charge < -0.3 is 4.52 Å². The van der Waals surface area contributed by atoms with Crippen LogP contribution in [-0.2, 0) is 12.8 Å². The van der Waals surface area contributed by atoms with Gasteiger partial charge in [-0.05, 0) is 30.2 Å². The second-order valence-electron chi connectivity index (χ2n) is 4.62. The number of halogens is 2. The SMILES string of the molecule is Clc1ccc(-c2noc(CCc3ccccc3)n2)c(Cl)c1. The first kappa shape index (κ1) is 14.1. The summed E-state index contributed by atoms with van der Waals surface area (Å²) in [5.74, 6) is 1.08. The van der Waals surface area contributed by atoms with E-state index in [-0.39, 0.29) is 0 Å². The van der Waals surface area contributed by atoms with Gasteiger partial charge in [0.2, 0.25) is 11.7 Å². The van der Waals surface area contributed by atoms with E-state index in [0.717, 1.165) is 12.0 Å². The molecule has 0 atom stereocenters. The molecule has 0 unspecified atom stereocenters. The highest BCUT2D eigenvalue weighted by Gasteiger charge is 2.12. The van der Waals surface area contributed by atoms with Crippen molar-refractivity contribution in [2.24, 2.45) is 0 Å². The van der Waals surface area contributed by atoms with Crippen molar-refractivity contribution in [3.8, 4) is 11.4 Å². The summed E-state index contributed by atoms with van der Waals surface area (Å²) in [7, 11) is 0. The fraction of sp³-hybridized carbons (Fsp3) is 0.125. The molecule has 3 aromatic rings. The molecule has 106 valence electrons. The molecule has 0 fully saturated rings. The van der Waals surface area contributed by atoms with Crippen LogP contribution in [0.4, 0.5) is 0 Å². The predicted molar refractivity (Wildman–Crippen MR) is 83.6 cm³/mol. The van der Waals surface area contributed by atoms with Crippen LogP contribution in [-0.4, -0.2) is 10.1 Å². The molecule has 0 aliphatic heterocycles. The van der Waals surface area contributed by atoms with E-state index in [0.29, 0.717) is 28.2 Å². The first-order valence-electron chi connectivity index (χ1n) is 6.54. The number of hydrogen-bond acceptors (Lipinski definition) is 3. The van der Waals surface area contributed by atoms with Gasteiger partial charge in [-0.15, -0.1) is 0 Å². The molecule has 0 bridgehead atoms. The van der Waals surface area contributed by atoms with E-state index in [9.17, 15) is 0 Å². The summed E-state index contributed by atoms with van der Waals surface area (Å²) < 4.78 is 5.27. The highest BCUT2D eigenvalue weighted by molar-refractivity contribution is 6.36. The first-order valence-corrected chi connectivity index (χ1v) is 7.30. The highest BCUT2D eigenvalue weighted by Crippen LogP contribution is 2.28. The zero-order chi connectivity index (χ0) is 14.7. The quantitative estimate of drug-likeness (QED) is 0.691. The van der Waals surface area contributed by atoms with E-state index in [4.69, 9.17) is 27.7 Å². The fourth-order valence-corrected chi connectivity index (χ4v) is 2.53. The van der Waals surface area contributed by atoms with Gasteiger partial charge in [-0.25, -0.2) is 0 Å².